The summed E-state index contributed by atoms with van der Waals surface area (Å²) in [6.45, 7) is 10.8. The molecule has 0 aliphatic carbocycles. The van der Waals surface area contributed by atoms with Crippen LogP contribution in [0.15, 0.2) is 0 Å². The van der Waals surface area contributed by atoms with Gasteiger partial charge in [-0.1, -0.05) is 34.1 Å². The predicted molar refractivity (Wildman–Crippen MR) is 66.1 cm³/mol. The van der Waals surface area contributed by atoms with Gasteiger partial charge in [-0.2, -0.15) is 0 Å². The van der Waals surface area contributed by atoms with Gasteiger partial charge in [0, 0.05) is 20.8 Å². The fraction of sp³-hybridized carbons (Fsp3) is 1.00. The summed E-state index contributed by atoms with van der Waals surface area (Å²) >= 11 is 0. The summed E-state index contributed by atoms with van der Waals surface area (Å²) in [5.74, 6) is 0. The van der Waals surface area contributed by atoms with Crippen molar-refractivity contribution in [2.75, 3.05) is 0 Å². The minimum Gasteiger partial charge on any atom is -0.259 e. The Bertz CT molecular complexity index is 173. The van der Waals surface area contributed by atoms with Gasteiger partial charge in [0.05, 0.1) is 0 Å². The standard InChI is InChI=1S/C12H26OS/c1-6-10-11(7-2)14(13)12(5,8-3)9-4/h11H,6-10H2,1-5H3. The summed E-state index contributed by atoms with van der Waals surface area (Å²) in [5, 5.41) is 0.407. The van der Waals surface area contributed by atoms with Crippen LogP contribution in [0.5, 0.6) is 0 Å². The molecule has 0 aliphatic rings. The van der Waals surface area contributed by atoms with E-state index in [-0.39, 0.29) is 4.75 Å². The lowest BCUT2D eigenvalue weighted by Gasteiger charge is -2.30. The SMILES string of the molecule is CCCC(CC)S(=O)C(C)(CC)CC. The van der Waals surface area contributed by atoms with Crippen molar-refractivity contribution < 1.29 is 4.21 Å². The zero-order valence-corrected chi connectivity index (χ0v) is 11.2. The number of hydrogen-bond donors (Lipinski definition) is 0. The van der Waals surface area contributed by atoms with Crippen LogP contribution in [0.25, 0.3) is 0 Å². The van der Waals surface area contributed by atoms with Crippen molar-refractivity contribution in [1.29, 1.82) is 0 Å². The average molecular weight is 218 g/mol. The Kier molecular flexibility index (Phi) is 6.67. The van der Waals surface area contributed by atoms with E-state index >= 15 is 0 Å². The fourth-order valence-electron chi connectivity index (χ4n) is 1.72. The highest BCUT2D eigenvalue weighted by Crippen LogP contribution is 2.28. The quantitative estimate of drug-likeness (QED) is 0.633. The van der Waals surface area contributed by atoms with Crippen LogP contribution in [0, 0.1) is 0 Å². The number of hydrogen-bond acceptors (Lipinski definition) is 1. The molecule has 86 valence electrons. The van der Waals surface area contributed by atoms with E-state index in [0.717, 1.165) is 32.1 Å². The van der Waals surface area contributed by atoms with E-state index in [2.05, 4.69) is 34.6 Å². The first-order valence-corrected chi connectivity index (χ1v) is 7.17. The minimum atomic E-state index is -0.661. The van der Waals surface area contributed by atoms with E-state index in [1.54, 1.807) is 0 Å². The second-order valence-corrected chi connectivity index (χ2v) is 6.52. The molecule has 0 heterocycles. The second-order valence-electron chi connectivity index (χ2n) is 4.27. The first-order valence-electron chi connectivity index (χ1n) is 5.96. The van der Waals surface area contributed by atoms with E-state index in [1.165, 1.54) is 0 Å². The summed E-state index contributed by atoms with van der Waals surface area (Å²) in [6, 6.07) is 0. The summed E-state index contributed by atoms with van der Waals surface area (Å²) in [5.41, 5.74) is 0. The van der Waals surface area contributed by atoms with Crippen LogP contribution in [0.3, 0.4) is 0 Å². The van der Waals surface area contributed by atoms with Crippen LogP contribution >= 0.6 is 0 Å². The van der Waals surface area contributed by atoms with Gasteiger partial charge in [-0.25, -0.2) is 0 Å². The van der Waals surface area contributed by atoms with Crippen LogP contribution in [-0.4, -0.2) is 14.2 Å². The molecule has 0 aromatic carbocycles. The Hall–Kier alpha value is 0.150. The lowest BCUT2D eigenvalue weighted by molar-refractivity contribution is 0.542. The molecule has 2 atom stereocenters. The molecule has 0 aromatic rings. The molecule has 0 amide bonds. The molecular formula is C12H26OS. The van der Waals surface area contributed by atoms with E-state index in [0.29, 0.717) is 5.25 Å². The van der Waals surface area contributed by atoms with Crippen LogP contribution in [0.1, 0.15) is 66.7 Å². The first-order chi connectivity index (χ1) is 6.55. The molecule has 0 spiro atoms. The van der Waals surface area contributed by atoms with E-state index in [9.17, 15) is 4.21 Å². The van der Waals surface area contributed by atoms with Crippen molar-refractivity contribution in [1.82, 2.24) is 0 Å². The third-order valence-corrected chi connectivity index (χ3v) is 6.07. The largest absolute Gasteiger partial charge is 0.259 e. The fourth-order valence-corrected chi connectivity index (χ4v) is 3.85. The highest BCUT2D eigenvalue weighted by Gasteiger charge is 2.31. The molecule has 0 saturated carbocycles. The third kappa shape index (κ3) is 3.38. The molecule has 2 heteroatoms. The topological polar surface area (TPSA) is 17.1 Å². The monoisotopic (exact) mass is 218 g/mol. The van der Waals surface area contributed by atoms with Crippen molar-refractivity contribution in [2.45, 2.75) is 76.7 Å². The van der Waals surface area contributed by atoms with E-state index in [1.807, 2.05) is 0 Å². The zero-order valence-electron chi connectivity index (χ0n) is 10.4. The molecule has 0 aliphatic heterocycles. The smallest absolute Gasteiger partial charge is 0.0428 e. The molecule has 1 nitrogen and oxygen atoms in total. The maximum absolute atomic E-state index is 12.4. The second kappa shape index (κ2) is 6.60. The van der Waals surface area contributed by atoms with Gasteiger partial charge >= 0.3 is 0 Å². The van der Waals surface area contributed by atoms with Crippen molar-refractivity contribution in [3.63, 3.8) is 0 Å². The molecule has 2 unspecified atom stereocenters. The average Bonchev–Trinajstić information content (AvgIpc) is 2.23. The van der Waals surface area contributed by atoms with E-state index in [4.69, 9.17) is 0 Å². The third-order valence-electron chi connectivity index (χ3n) is 3.35. The van der Waals surface area contributed by atoms with Crippen LogP contribution in [0.4, 0.5) is 0 Å². The number of rotatable bonds is 7. The lowest BCUT2D eigenvalue weighted by atomic mass is 10.1. The maximum atomic E-state index is 12.4. The highest BCUT2D eigenvalue weighted by molar-refractivity contribution is 7.87. The molecule has 0 aromatic heterocycles. The van der Waals surface area contributed by atoms with Gasteiger partial charge in [-0.05, 0) is 32.6 Å². The molecule has 0 bridgehead atoms. The Labute approximate surface area is 92.1 Å². The van der Waals surface area contributed by atoms with Crippen molar-refractivity contribution in [3.05, 3.63) is 0 Å². The summed E-state index contributed by atoms with van der Waals surface area (Å²) in [7, 11) is -0.661. The van der Waals surface area contributed by atoms with Gasteiger partial charge < -0.3 is 0 Å². The Morgan fingerprint density at radius 1 is 1.14 bits per heavy atom. The van der Waals surface area contributed by atoms with Gasteiger partial charge in [-0.15, -0.1) is 0 Å². The Morgan fingerprint density at radius 2 is 1.64 bits per heavy atom. The summed E-state index contributed by atoms with van der Waals surface area (Å²) in [6.07, 6.45) is 5.36. The van der Waals surface area contributed by atoms with E-state index < -0.39 is 10.8 Å². The van der Waals surface area contributed by atoms with Crippen LogP contribution < -0.4 is 0 Å². The van der Waals surface area contributed by atoms with Gasteiger partial charge in [0.25, 0.3) is 0 Å². The maximum Gasteiger partial charge on any atom is 0.0428 e. The molecule has 0 rings (SSSR count). The van der Waals surface area contributed by atoms with Gasteiger partial charge in [0.2, 0.25) is 0 Å². The van der Waals surface area contributed by atoms with Crippen LogP contribution in [0.2, 0.25) is 0 Å². The van der Waals surface area contributed by atoms with Crippen molar-refractivity contribution >= 4 is 10.8 Å². The summed E-state index contributed by atoms with van der Waals surface area (Å²) < 4.78 is 12.4. The van der Waals surface area contributed by atoms with Crippen molar-refractivity contribution in [3.8, 4) is 0 Å². The Balaban J connectivity index is 4.53. The predicted octanol–water partition coefficient (Wildman–Crippen LogP) is 3.89. The van der Waals surface area contributed by atoms with Crippen molar-refractivity contribution in [2.24, 2.45) is 0 Å². The highest BCUT2D eigenvalue weighted by atomic mass is 32.2. The molecule has 0 radical (unpaired) electrons. The molecule has 0 fully saturated rings. The Morgan fingerprint density at radius 3 is 1.93 bits per heavy atom. The molecule has 0 N–H and O–H groups in total. The lowest BCUT2D eigenvalue weighted by Crippen LogP contribution is -2.35. The molecule has 14 heavy (non-hydrogen) atoms. The van der Waals surface area contributed by atoms with Gasteiger partial charge in [0.1, 0.15) is 0 Å². The molecule has 0 saturated heterocycles. The molecular weight excluding hydrogens is 192 g/mol. The zero-order chi connectivity index (χ0) is 11.2. The van der Waals surface area contributed by atoms with Gasteiger partial charge in [0.15, 0.2) is 0 Å². The first kappa shape index (κ1) is 14.2. The summed E-state index contributed by atoms with van der Waals surface area (Å²) in [4.78, 5) is 0. The van der Waals surface area contributed by atoms with Crippen LogP contribution in [-0.2, 0) is 10.8 Å². The normalized spacial score (nSPS) is 16.6. The minimum absolute atomic E-state index is 0.0375. The van der Waals surface area contributed by atoms with Gasteiger partial charge in [-0.3, -0.25) is 4.21 Å².